The van der Waals surface area contributed by atoms with E-state index in [-0.39, 0.29) is 5.91 Å². The maximum Gasteiger partial charge on any atom is 0.226 e. The van der Waals surface area contributed by atoms with Crippen LogP contribution in [-0.4, -0.2) is 21.9 Å². The van der Waals surface area contributed by atoms with Crippen LogP contribution >= 0.6 is 11.5 Å². The van der Waals surface area contributed by atoms with E-state index in [0.717, 1.165) is 16.9 Å². The van der Waals surface area contributed by atoms with E-state index in [9.17, 15) is 4.79 Å². The summed E-state index contributed by atoms with van der Waals surface area (Å²) in [6, 6.07) is 6.04. The molecule has 5 nitrogen and oxygen atoms in total. The first-order valence-corrected chi connectivity index (χ1v) is 7.19. The summed E-state index contributed by atoms with van der Waals surface area (Å²) in [4.78, 5) is 15.5. The van der Waals surface area contributed by atoms with Crippen LogP contribution in [0.4, 0.5) is 5.13 Å². The zero-order valence-corrected chi connectivity index (χ0v) is 12.4. The standard InChI is InChI=1S/C14H17N3O2S/c1-10-5-3-6-11(2)13(10)19-8-4-7-12(18)17-14-15-9-16-20-14/h3,5-6,9H,4,7-8H2,1-2H3,(H,15,16,17,18). The summed E-state index contributed by atoms with van der Waals surface area (Å²) in [6.07, 6.45) is 2.49. The van der Waals surface area contributed by atoms with E-state index in [1.54, 1.807) is 0 Å². The highest BCUT2D eigenvalue weighted by Gasteiger charge is 2.06. The fraction of sp³-hybridized carbons (Fsp3) is 0.357. The van der Waals surface area contributed by atoms with E-state index in [4.69, 9.17) is 4.74 Å². The van der Waals surface area contributed by atoms with Gasteiger partial charge in [-0.05, 0) is 31.4 Å². The molecule has 0 aliphatic rings. The molecule has 0 aliphatic heterocycles. The molecule has 2 aromatic rings. The van der Waals surface area contributed by atoms with Gasteiger partial charge < -0.3 is 10.1 Å². The number of benzene rings is 1. The van der Waals surface area contributed by atoms with Gasteiger partial charge in [0.1, 0.15) is 12.1 Å². The second kappa shape index (κ2) is 7.00. The van der Waals surface area contributed by atoms with Crippen LogP contribution in [0.1, 0.15) is 24.0 Å². The van der Waals surface area contributed by atoms with Crippen molar-refractivity contribution in [2.45, 2.75) is 26.7 Å². The third kappa shape index (κ3) is 4.03. The number of ether oxygens (including phenoxy) is 1. The number of nitrogens with one attached hydrogen (secondary N) is 1. The molecule has 106 valence electrons. The molecule has 0 unspecified atom stereocenters. The van der Waals surface area contributed by atoms with Crippen LogP contribution in [0.25, 0.3) is 0 Å². The number of amides is 1. The number of aromatic nitrogens is 2. The number of hydrogen-bond acceptors (Lipinski definition) is 5. The van der Waals surface area contributed by atoms with E-state index < -0.39 is 0 Å². The number of hydrogen-bond donors (Lipinski definition) is 1. The largest absolute Gasteiger partial charge is 0.493 e. The van der Waals surface area contributed by atoms with Crippen molar-refractivity contribution in [3.05, 3.63) is 35.7 Å². The van der Waals surface area contributed by atoms with Crippen LogP contribution in [0.15, 0.2) is 24.5 Å². The second-order valence-corrected chi connectivity index (χ2v) is 5.25. The van der Waals surface area contributed by atoms with E-state index in [2.05, 4.69) is 14.7 Å². The van der Waals surface area contributed by atoms with Gasteiger partial charge in [-0.1, -0.05) is 18.2 Å². The molecule has 1 heterocycles. The van der Waals surface area contributed by atoms with Crippen molar-refractivity contribution in [2.75, 3.05) is 11.9 Å². The predicted octanol–water partition coefficient (Wildman–Crippen LogP) is 2.95. The molecule has 0 saturated heterocycles. The Hall–Kier alpha value is -1.95. The van der Waals surface area contributed by atoms with Crippen molar-refractivity contribution >= 4 is 22.6 Å². The van der Waals surface area contributed by atoms with Crippen molar-refractivity contribution in [1.29, 1.82) is 0 Å². The summed E-state index contributed by atoms with van der Waals surface area (Å²) < 4.78 is 9.57. The Bertz CT molecular complexity index is 550. The number of nitrogens with zero attached hydrogens (tertiary/aromatic N) is 2. The monoisotopic (exact) mass is 291 g/mol. The molecule has 0 fully saturated rings. The molecule has 20 heavy (non-hydrogen) atoms. The van der Waals surface area contributed by atoms with Gasteiger partial charge in [0.2, 0.25) is 11.0 Å². The number of aryl methyl sites for hydroxylation is 2. The third-order valence-corrected chi connectivity index (χ3v) is 3.39. The average Bonchev–Trinajstić information content (AvgIpc) is 2.90. The van der Waals surface area contributed by atoms with Gasteiger partial charge in [0.05, 0.1) is 6.61 Å². The van der Waals surface area contributed by atoms with E-state index in [1.807, 2.05) is 32.0 Å². The summed E-state index contributed by atoms with van der Waals surface area (Å²) in [7, 11) is 0. The van der Waals surface area contributed by atoms with Crippen molar-refractivity contribution in [3.8, 4) is 5.75 Å². The molecule has 0 bridgehead atoms. The highest BCUT2D eigenvalue weighted by atomic mass is 32.1. The molecule has 1 N–H and O–H groups in total. The highest BCUT2D eigenvalue weighted by molar-refractivity contribution is 7.09. The Kier molecular flexibility index (Phi) is 5.06. The van der Waals surface area contributed by atoms with Gasteiger partial charge in [0, 0.05) is 18.0 Å². The van der Waals surface area contributed by atoms with Crippen molar-refractivity contribution in [1.82, 2.24) is 9.36 Å². The first kappa shape index (κ1) is 14.5. The predicted molar refractivity (Wildman–Crippen MR) is 79.2 cm³/mol. The van der Waals surface area contributed by atoms with Gasteiger partial charge in [0.25, 0.3) is 0 Å². The van der Waals surface area contributed by atoms with E-state index in [1.165, 1.54) is 17.9 Å². The Labute approximate surface area is 122 Å². The highest BCUT2D eigenvalue weighted by Crippen LogP contribution is 2.22. The molecule has 0 spiro atoms. The molecule has 0 radical (unpaired) electrons. The summed E-state index contributed by atoms with van der Waals surface area (Å²) in [6.45, 7) is 4.56. The normalized spacial score (nSPS) is 10.3. The molecule has 1 aromatic carbocycles. The molecule has 1 amide bonds. The lowest BCUT2D eigenvalue weighted by Crippen LogP contribution is -2.12. The van der Waals surface area contributed by atoms with Gasteiger partial charge >= 0.3 is 0 Å². The van der Waals surface area contributed by atoms with E-state index in [0.29, 0.717) is 24.6 Å². The topological polar surface area (TPSA) is 64.1 Å². The second-order valence-electron chi connectivity index (χ2n) is 4.47. The maximum absolute atomic E-state index is 11.6. The Morgan fingerprint density at radius 2 is 2.10 bits per heavy atom. The number of carbonyl (C=O) groups excluding carboxylic acids is 1. The van der Waals surface area contributed by atoms with Crippen LogP contribution in [0.2, 0.25) is 0 Å². The lowest BCUT2D eigenvalue weighted by molar-refractivity contribution is -0.116. The molecule has 2 rings (SSSR count). The summed E-state index contributed by atoms with van der Waals surface area (Å²) in [5.74, 6) is 0.851. The zero-order valence-electron chi connectivity index (χ0n) is 11.5. The zero-order chi connectivity index (χ0) is 14.4. The lowest BCUT2D eigenvalue weighted by Gasteiger charge is -2.11. The molecule has 0 saturated carbocycles. The minimum absolute atomic E-state index is 0.0631. The van der Waals surface area contributed by atoms with Crippen LogP contribution in [-0.2, 0) is 4.79 Å². The Morgan fingerprint density at radius 1 is 1.35 bits per heavy atom. The number of anilines is 1. The van der Waals surface area contributed by atoms with Gasteiger partial charge in [-0.25, -0.2) is 4.98 Å². The number of para-hydroxylation sites is 1. The van der Waals surface area contributed by atoms with Crippen molar-refractivity contribution in [2.24, 2.45) is 0 Å². The third-order valence-electron chi connectivity index (χ3n) is 2.81. The smallest absolute Gasteiger partial charge is 0.226 e. The van der Waals surface area contributed by atoms with Crippen molar-refractivity contribution in [3.63, 3.8) is 0 Å². The minimum Gasteiger partial charge on any atom is -0.493 e. The molecular weight excluding hydrogens is 274 g/mol. The van der Waals surface area contributed by atoms with Crippen LogP contribution in [0, 0.1) is 13.8 Å². The Morgan fingerprint density at radius 3 is 2.75 bits per heavy atom. The molecule has 0 atom stereocenters. The van der Waals surface area contributed by atoms with Gasteiger partial charge in [0.15, 0.2) is 0 Å². The van der Waals surface area contributed by atoms with Crippen LogP contribution < -0.4 is 10.1 Å². The maximum atomic E-state index is 11.6. The summed E-state index contributed by atoms with van der Waals surface area (Å²) in [5, 5.41) is 3.23. The molecule has 0 aliphatic carbocycles. The summed E-state index contributed by atoms with van der Waals surface area (Å²) >= 11 is 1.17. The van der Waals surface area contributed by atoms with Gasteiger partial charge in [-0.3, -0.25) is 4.79 Å². The van der Waals surface area contributed by atoms with E-state index >= 15 is 0 Å². The quantitative estimate of drug-likeness (QED) is 0.831. The lowest BCUT2D eigenvalue weighted by atomic mass is 10.1. The number of carbonyl (C=O) groups is 1. The minimum atomic E-state index is -0.0631. The first-order valence-electron chi connectivity index (χ1n) is 6.42. The average molecular weight is 291 g/mol. The Balaban J connectivity index is 1.72. The SMILES string of the molecule is Cc1cccc(C)c1OCCCC(=O)Nc1ncns1. The van der Waals surface area contributed by atoms with Crippen LogP contribution in [0.5, 0.6) is 5.75 Å². The van der Waals surface area contributed by atoms with Gasteiger partial charge in [-0.2, -0.15) is 4.37 Å². The van der Waals surface area contributed by atoms with Crippen LogP contribution in [0.3, 0.4) is 0 Å². The molecule has 6 heteroatoms. The van der Waals surface area contributed by atoms with Crippen molar-refractivity contribution < 1.29 is 9.53 Å². The molecule has 1 aromatic heterocycles. The summed E-state index contributed by atoms with van der Waals surface area (Å²) in [5.41, 5.74) is 2.23. The fourth-order valence-electron chi connectivity index (χ4n) is 1.84. The fourth-order valence-corrected chi connectivity index (χ4v) is 2.29. The number of rotatable bonds is 6. The molecular formula is C14H17N3O2S. The van der Waals surface area contributed by atoms with Gasteiger partial charge in [-0.15, -0.1) is 0 Å². The first-order chi connectivity index (χ1) is 9.66.